The fraction of sp³-hybridized carbons (Fsp3) is 1.00. The first-order valence-corrected chi connectivity index (χ1v) is 8.21. The molecule has 0 aromatic carbocycles. The fourth-order valence-corrected chi connectivity index (χ4v) is 2.56. The number of hydrogen-bond donors (Lipinski definition) is 1. The van der Waals surface area contributed by atoms with E-state index in [1.807, 2.05) is 20.8 Å². The quantitative estimate of drug-likeness (QED) is 0.523. The van der Waals surface area contributed by atoms with Gasteiger partial charge in [0.2, 0.25) is 0 Å². The second-order valence-electron chi connectivity index (χ2n) is 5.28. The van der Waals surface area contributed by atoms with E-state index >= 15 is 0 Å². The van der Waals surface area contributed by atoms with Gasteiger partial charge in [-0.15, -0.1) is 0 Å². The normalized spacial score (nSPS) is 11.8. The Balaban J connectivity index is 0. The molecule has 0 heterocycles. The molecule has 0 aromatic rings. The van der Waals surface area contributed by atoms with Crippen LogP contribution in [0.2, 0.25) is 0 Å². The van der Waals surface area contributed by atoms with Gasteiger partial charge in [-0.25, -0.2) is 0 Å². The lowest BCUT2D eigenvalue weighted by Gasteiger charge is -2.34. The van der Waals surface area contributed by atoms with Crippen LogP contribution in [0, 0.1) is 0 Å². The number of nitrogens with zero attached hydrogens (tertiary/aromatic N) is 1. The summed E-state index contributed by atoms with van der Waals surface area (Å²) in [6.45, 7) is 20.1. The van der Waals surface area contributed by atoms with Gasteiger partial charge in [-0.2, -0.15) is 0 Å². The molecule has 0 unspecified atom stereocenters. The van der Waals surface area contributed by atoms with E-state index in [1.54, 1.807) is 0 Å². The summed E-state index contributed by atoms with van der Waals surface area (Å²) >= 11 is 0. The van der Waals surface area contributed by atoms with Crippen molar-refractivity contribution in [1.82, 2.24) is 0 Å². The summed E-state index contributed by atoms with van der Waals surface area (Å²) in [4.78, 5) is 0. The fourth-order valence-electron chi connectivity index (χ4n) is 2.56. The van der Waals surface area contributed by atoms with Crippen LogP contribution in [0.15, 0.2) is 0 Å². The molecule has 0 saturated heterocycles. The van der Waals surface area contributed by atoms with Crippen molar-refractivity contribution in [2.24, 2.45) is 0 Å². The molecule has 0 rings (SSSR count). The van der Waals surface area contributed by atoms with Gasteiger partial charge in [-0.05, 0) is 47.0 Å². The van der Waals surface area contributed by atoms with E-state index in [9.17, 15) is 5.02 Å². The Morgan fingerprint density at radius 2 is 1.15 bits per heavy atom. The van der Waals surface area contributed by atoms with E-state index in [4.69, 9.17) is 9.68 Å². The molecule has 0 aliphatic heterocycles. The molecular weight excluding hydrogens is 253 g/mol. The minimum atomic E-state index is -1.89. The van der Waals surface area contributed by atoms with Crippen LogP contribution in [0.25, 0.3) is 0 Å². The topological polar surface area (TPSA) is 52.5 Å². The maximum atomic E-state index is 10.4. The Hall–Kier alpha value is -0.0951. The molecular formula is C15H36BNO3. The minimum Gasteiger partial charge on any atom is -0.832 e. The van der Waals surface area contributed by atoms with Gasteiger partial charge in [-0.3, -0.25) is 0 Å². The average Bonchev–Trinajstić information content (AvgIpc) is 2.48. The predicted molar refractivity (Wildman–Crippen MR) is 85.1 cm³/mol. The van der Waals surface area contributed by atoms with Crippen LogP contribution in [0.1, 0.15) is 67.7 Å². The zero-order chi connectivity index (χ0) is 16.2. The average molecular weight is 289 g/mol. The highest BCUT2D eigenvalue weighted by molar-refractivity contribution is 6.30. The molecule has 0 aliphatic carbocycles. The van der Waals surface area contributed by atoms with Crippen molar-refractivity contribution in [3.8, 4) is 0 Å². The van der Waals surface area contributed by atoms with Crippen LogP contribution >= 0.6 is 0 Å². The molecule has 0 fully saturated rings. The second kappa shape index (κ2) is 11.6. The van der Waals surface area contributed by atoms with Gasteiger partial charge in [-0.1, -0.05) is 20.8 Å². The molecule has 0 radical (unpaired) electrons. The monoisotopic (exact) mass is 289 g/mol. The van der Waals surface area contributed by atoms with Crippen molar-refractivity contribution in [3.63, 3.8) is 0 Å². The van der Waals surface area contributed by atoms with E-state index < -0.39 is 12.9 Å². The first-order chi connectivity index (χ1) is 9.34. The largest absolute Gasteiger partial charge is 0.832 e. The molecule has 20 heavy (non-hydrogen) atoms. The van der Waals surface area contributed by atoms with E-state index in [1.165, 1.54) is 30.7 Å². The maximum absolute atomic E-state index is 10.4. The van der Waals surface area contributed by atoms with Gasteiger partial charge in [0.25, 0.3) is 0 Å². The van der Waals surface area contributed by atoms with Crippen molar-refractivity contribution >= 4 is 7.32 Å². The minimum absolute atomic E-state index is 0.416. The van der Waals surface area contributed by atoms with E-state index in [0.29, 0.717) is 0 Å². The van der Waals surface area contributed by atoms with Crippen LogP contribution in [-0.2, 0) is 4.65 Å². The predicted octanol–water partition coefficient (Wildman–Crippen LogP) is 2.19. The molecule has 1 N–H and O–H groups in total. The molecule has 122 valence electrons. The van der Waals surface area contributed by atoms with Crippen LogP contribution in [0.3, 0.4) is 0 Å². The molecule has 0 amide bonds. The summed E-state index contributed by atoms with van der Waals surface area (Å²) in [7, 11) is -1.89. The molecule has 0 aliphatic rings. The van der Waals surface area contributed by atoms with Crippen molar-refractivity contribution in [2.45, 2.75) is 73.3 Å². The lowest BCUT2D eigenvalue weighted by molar-refractivity contribution is -0.921. The standard InChI is InChI=1S/C8H20N.C7H16BO3/c1-5-9(6-2,7-3)8-4;1-4-7(5-2,6-3)11-8(9)10/h5-8H2,1-4H3;9H,4-6H2,1-3H3/q+1;-1. The first-order valence-electron chi connectivity index (χ1n) is 8.21. The highest BCUT2D eigenvalue weighted by Crippen LogP contribution is 2.23. The summed E-state index contributed by atoms with van der Waals surface area (Å²) in [6.07, 6.45) is 2.29. The van der Waals surface area contributed by atoms with Gasteiger partial charge >= 0.3 is 7.32 Å². The molecule has 0 saturated carbocycles. The van der Waals surface area contributed by atoms with Crippen molar-refractivity contribution in [1.29, 1.82) is 0 Å². The van der Waals surface area contributed by atoms with Crippen LogP contribution in [0.5, 0.6) is 0 Å². The van der Waals surface area contributed by atoms with Crippen LogP contribution in [-0.4, -0.2) is 48.6 Å². The summed E-state index contributed by atoms with van der Waals surface area (Å²) in [5.41, 5.74) is -0.416. The van der Waals surface area contributed by atoms with Crippen molar-refractivity contribution < 1.29 is 19.2 Å². The zero-order valence-corrected chi connectivity index (χ0v) is 14.7. The Kier molecular flexibility index (Phi) is 12.8. The SMILES string of the molecule is CCC(CC)(CC)OB([O-])O.CC[N+](CC)(CC)CC. The third kappa shape index (κ3) is 7.62. The zero-order valence-electron chi connectivity index (χ0n) is 14.7. The number of hydrogen-bond acceptors (Lipinski definition) is 3. The Labute approximate surface area is 126 Å². The highest BCUT2D eigenvalue weighted by atomic mass is 16.6. The Bertz CT molecular complexity index is 191. The first kappa shape index (κ1) is 22.2. The third-order valence-corrected chi connectivity index (χ3v) is 4.97. The van der Waals surface area contributed by atoms with Gasteiger partial charge in [0.15, 0.2) is 0 Å². The van der Waals surface area contributed by atoms with E-state index in [0.717, 1.165) is 19.3 Å². The van der Waals surface area contributed by atoms with E-state index in [2.05, 4.69) is 27.7 Å². The number of quaternary nitrogens is 1. The lowest BCUT2D eigenvalue weighted by atomic mass is 9.92. The van der Waals surface area contributed by atoms with Gasteiger partial charge in [0.1, 0.15) is 0 Å². The number of rotatable bonds is 9. The molecule has 0 bridgehead atoms. The second-order valence-corrected chi connectivity index (χ2v) is 5.28. The maximum Gasteiger partial charge on any atom is 0.342 e. The molecule has 4 nitrogen and oxygen atoms in total. The van der Waals surface area contributed by atoms with Gasteiger partial charge in [0, 0.05) is 0 Å². The van der Waals surface area contributed by atoms with Crippen LogP contribution in [0.4, 0.5) is 0 Å². The Morgan fingerprint density at radius 3 is 1.20 bits per heavy atom. The lowest BCUT2D eigenvalue weighted by Crippen LogP contribution is -2.47. The summed E-state index contributed by atoms with van der Waals surface area (Å²) < 4.78 is 6.16. The van der Waals surface area contributed by atoms with Gasteiger partial charge in [0.05, 0.1) is 31.8 Å². The molecule has 0 atom stereocenters. The Morgan fingerprint density at radius 1 is 0.850 bits per heavy atom. The summed E-state index contributed by atoms with van der Waals surface area (Å²) in [5, 5.41) is 18.9. The summed E-state index contributed by atoms with van der Waals surface area (Å²) in [5.74, 6) is 0. The van der Waals surface area contributed by atoms with Gasteiger partial charge < -0.3 is 19.2 Å². The van der Waals surface area contributed by atoms with Crippen molar-refractivity contribution in [3.05, 3.63) is 0 Å². The smallest absolute Gasteiger partial charge is 0.342 e. The van der Waals surface area contributed by atoms with Crippen molar-refractivity contribution in [2.75, 3.05) is 26.2 Å². The third-order valence-electron chi connectivity index (χ3n) is 4.97. The molecule has 5 heteroatoms. The van der Waals surface area contributed by atoms with E-state index in [-0.39, 0.29) is 0 Å². The molecule has 0 spiro atoms. The highest BCUT2D eigenvalue weighted by Gasteiger charge is 2.24. The molecule has 0 aromatic heterocycles. The summed E-state index contributed by atoms with van der Waals surface area (Å²) in [6, 6.07) is 0. The van der Waals surface area contributed by atoms with Crippen LogP contribution < -0.4 is 5.02 Å².